The van der Waals surface area contributed by atoms with Crippen molar-refractivity contribution in [2.45, 2.75) is 0 Å². The first kappa shape index (κ1) is 8.73. The van der Waals surface area contributed by atoms with E-state index in [9.17, 15) is 4.79 Å². The number of benzene rings is 1. The van der Waals surface area contributed by atoms with Crippen molar-refractivity contribution in [3.63, 3.8) is 0 Å². The molecule has 15 heavy (non-hydrogen) atoms. The number of rotatable bonds is 0. The molecule has 74 valence electrons. The summed E-state index contributed by atoms with van der Waals surface area (Å²) in [6, 6.07) is 3.83. The first-order chi connectivity index (χ1) is 7.27. The van der Waals surface area contributed by atoms with Crippen LogP contribution in [0.15, 0.2) is 33.6 Å². The predicted molar refractivity (Wildman–Crippen MR) is 64.6 cm³/mol. The predicted octanol–water partition coefficient (Wildman–Crippen LogP) is 2.59. The Bertz CT molecular complexity index is 661. The van der Waals surface area contributed by atoms with Crippen LogP contribution in [0.25, 0.3) is 23.3 Å². The summed E-state index contributed by atoms with van der Waals surface area (Å²) in [6.07, 6.45) is 7.52. The highest BCUT2D eigenvalue weighted by molar-refractivity contribution is 9.10. The van der Waals surface area contributed by atoms with E-state index in [0.717, 1.165) is 21.1 Å². The number of hydrogen-bond donors (Lipinski definition) is 1. The van der Waals surface area contributed by atoms with Crippen LogP contribution in [-0.4, -0.2) is 9.55 Å². The minimum Gasteiger partial charge on any atom is -0.305 e. The van der Waals surface area contributed by atoms with Gasteiger partial charge in [-0.25, -0.2) is 4.79 Å². The number of imidazole rings is 1. The van der Waals surface area contributed by atoms with Crippen LogP contribution in [0.5, 0.6) is 0 Å². The molecule has 1 N–H and O–H groups in total. The van der Waals surface area contributed by atoms with Gasteiger partial charge < -0.3 is 4.98 Å². The van der Waals surface area contributed by atoms with Gasteiger partial charge in [-0.3, -0.25) is 4.57 Å². The normalized spacial score (nSPS) is 13.4. The summed E-state index contributed by atoms with van der Waals surface area (Å²) in [5.41, 5.74) is 2.69. The number of allylic oxidation sites excluding steroid dienone is 2. The molecule has 1 aromatic heterocycles. The highest BCUT2D eigenvalue weighted by Gasteiger charge is 2.11. The van der Waals surface area contributed by atoms with Gasteiger partial charge in [-0.2, -0.15) is 0 Å². The molecule has 4 heteroatoms. The molecule has 2 aromatic rings. The molecule has 1 aromatic carbocycles. The number of nitrogens with one attached hydrogen (secondary N) is 1. The summed E-state index contributed by atoms with van der Waals surface area (Å²) in [6.45, 7) is 0. The van der Waals surface area contributed by atoms with Crippen molar-refractivity contribution in [3.05, 3.63) is 44.8 Å². The Morgan fingerprint density at radius 1 is 1.27 bits per heavy atom. The van der Waals surface area contributed by atoms with Gasteiger partial charge in [0.15, 0.2) is 0 Å². The molecule has 2 heterocycles. The van der Waals surface area contributed by atoms with Crippen molar-refractivity contribution in [1.29, 1.82) is 0 Å². The van der Waals surface area contributed by atoms with E-state index in [1.165, 1.54) is 0 Å². The van der Waals surface area contributed by atoms with E-state index in [1.807, 2.05) is 30.4 Å². The SMILES string of the molecule is O=c1[nH]c2ccc(Br)c3c2n1C=CC=C3. The lowest BCUT2D eigenvalue weighted by molar-refractivity contribution is 1.08. The number of hydrogen-bond acceptors (Lipinski definition) is 1. The number of H-pyrrole nitrogens is 1. The molecule has 0 unspecified atom stereocenters. The highest BCUT2D eigenvalue weighted by Crippen LogP contribution is 2.27. The van der Waals surface area contributed by atoms with Gasteiger partial charge in [0.2, 0.25) is 0 Å². The topological polar surface area (TPSA) is 37.8 Å². The maximum atomic E-state index is 11.6. The molecule has 0 fully saturated rings. The van der Waals surface area contributed by atoms with Crippen molar-refractivity contribution >= 4 is 39.2 Å². The van der Waals surface area contributed by atoms with Crippen LogP contribution in [0.3, 0.4) is 0 Å². The average Bonchev–Trinajstić information content (AvgIpc) is 2.44. The quantitative estimate of drug-likeness (QED) is 0.779. The van der Waals surface area contributed by atoms with E-state index in [2.05, 4.69) is 20.9 Å². The second kappa shape index (κ2) is 2.97. The Hall–Kier alpha value is -1.55. The Morgan fingerprint density at radius 3 is 3.00 bits per heavy atom. The van der Waals surface area contributed by atoms with Crippen LogP contribution in [-0.2, 0) is 0 Å². The summed E-state index contributed by atoms with van der Waals surface area (Å²) in [7, 11) is 0. The Kier molecular flexibility index (Phi) is 1.73. The van der Waals surface area contributed by atoms with Gasteiger partial charge in [0.25, 0.3) is 0 Å². The summed E-state index contributed by atoms with van der Waals surface area (Å²) in [5.74, 6) is 0. The molecule has 0 aliphatic carbocycles. The van der Waals surface area contributed by atoms with E-state index in [4.69, 9.17) is 0 Å². The highest BCUT2D eigenvalue weighted by atomic mass is 79.9. The van der Waals surface area contributed by atoms with Crippen molar-refractivity contribution in [2.24, 2.45) is 0 Å². The van der Waals surface area contributed by atoms with Crippen LogP contribution >= 0.6 is 15.9 Å². The zero-order valence-electron chi connectivity index (χ0n) is 7.70. The second-order valence-corrected chi connectivity index (χ2v) is 4.21. The summed E-state index contributed by atoms with van der Waals surface area (Å²) >= 11 is 3.48. The standard InChI is InChI=1S/C11H7BrN2O/c12-8-4-5-9-10-7(8)3-1-2-6-14(10)11(15)13-9/h1-6H,(H,13,15). The van der Waals surface area contributed by atoms with Crippen molar-refractivity contribution < 1.29 is 0 Å². The van der Waals surface area contributed by atoms with Gasteiger partial charge >= 0.3 is 5.69 Å². The van der Waals surface area contributed by atoms with Crippen LogP contribution in [0, 0.1) is 0 Å². The van der Waals surface area contributed by atoms with E-state index in [1.54, 1.807) is 10.8 Å². The number of aromatic amines is 1. The molecular formula is C11H7BrN2O. The van der Waals surface area contributed by atoms with Gasteiger partial charge in [0.05, 0.1) is 11.0 Å². The molecule has 0 amide bonds. The van der Waals surface area contributed by atoms with E-state index in [0.29, 0.717) is 0 Å². The molecule has 0 spiro atoms. The van der Waals surface area contributed by atoms with E-state index < -0.39 is 0 Å². The van der Waals surface area contributed by atoms with E-state index >= 15 is 0 Å². The summed E-state index contributed by atoms with van der Waals surface area (Å²) in [5, 5.41) is 0. The zero-order valence-corrected chi connectivity index (χ0v) is 9.28. The molecule has 0 bridgehead atoms. The van der Waals surface area contributed by atoms with Crippen molar-refractivity contribution in [1.82, 2.24) is 9.55 Å². The molecule has 0 saturated heterocycles. The lowest BCUT2D eigenvalue weighted by Gasteiger charge is -2.01. The smallest absolute Gasteiger partial charge is 0.305 e. The largest absolute Gasteiger partial charge is 0.330 e. The van der Waals surface area contributed by atoms with Crippen LogP contribution in [0.2, 0.25) is 0 Å². The zero-order chi connectivity index (χ0) is 10.4. The number of nitrogens with zero attached hydrogens (tertiary/aromatic N) is 1. The second-order valence-electron chi connectivity index (χ2n) is 3.36. The fourth-order valence-electron chi connectivity index (χ4n) is 1.81. The van der Waals surface area contributed by atoms with Gasteiger partial charge in [-0.05, 0) is 18.2 Å². The van der Waals surface area contributed by atoms with Gasteiger partial charge in [0.1, 0.15) is 0 Å². The van der Waals surface area contributed by atoms with Crippen LogP contribution in [0.1, 0.15) is 5.56 Å². The molecular weight excluding hydrogens is 256 g/mol. The Balaban J connectivity index is 2.64. The minimum absolute atomic E-state index is 0.107. The van der Waals surface area contributed by atoms with Gasteiger partial charge in [-0.15, -0.1) is 0 Å². The maximum Gasteiger partial charge on any atom is 0.330 e. The van der Waals surface area contributed by atoms with Gasteiger partial charge in [0, 0.05) is 16.2 Å². The molecule has 1 aliphatic heterocycles. The summed E-state index contributed by atoms with van der Waals surface area (Å²) in [4.78, 5) is 14.4. The maximum absolute atomic E-state index is 11.6. The van der Waals surface area contributed by atoms with Crippen LogP contribution in [0.4, 0.5) is 0 Å². The molecule has 0 saturated carbocycles. The van der Waals surface area contributed by atoms with E-state index in [-0.39, 0.29) is 5.69 Å². The first-order valence-corrected chi connectivity index (χ1v) is 5.34. The molecule has 0 radical (unpaired) electrons. The lowest BCUT2D eigenvalue weighted by Crippen LogP contribution is -2.10. The van der Waals surface area contributed by atoms with Crippen molar-refractivity contribution in [3.8, 4) is 0 Å². The molecule has 3 rings (SSSR count). The average molecular weight is 263 g/mol. The number of halogens is 1. The fourth-order valence-corrected chi connectivity index (χ4v) is 2.26. The molecule has 1 aliphatic rings. The Labute approximate surface area is 93.9 Å². The third-order valence-electron chi connectivity index (χ3n) is 2.47. The van der Waals surface area contributed by atoms with Crippen molar-refractivity contribution in [2.75, 3.05) is 0 Å². The number of aromatic nitrogens is 2. The summed E-state index contributed by atoms with van der Waals surface area (Å²) < 4.78 is 2.61. The third kappa shape index (κ3) is 1.15. The fraction of sp³-hybridized carbons (Fsp3) is 0. The minimum atomic E-state index is -0.107. The van der Waals surface area contributed by atoms with Gasteiger partial charge in [-0.1, -0.05) is 28.1 Å². The molecule has 3 nitrogen and oxygen atoms in total. The first-order valence-electron chi connectivity index (χ1n) is 4.55. The monoisotopic (exact) mass is 262 g/mol. The molecule has 0 atom stereocenters. The van der Waals surface area contributed by atoms with Crippen LogP contribution < -0.4 is 5.69 Å². The lowest BCUT2D eigenvalue weighted by atomic mass is 10.2. The third-order valence-corrected chi connectivity index (χ3v) is 3.17. The Morgan fingerprint density at radius 2 is 2.13 bits per heavy atom.